The van der Waals surface area contributed by atoms with Gasteiger partial charge in [0.1, 0.15) is 0 Å². The molecule has 1 aromatic rings. The number of alkyl halides is 3. The lowest BCUT2D eigenvalue weighted by atomic mass is 10.1. The maximum Gasteiger partial charge on any atom is 0.573 e. The first kappa shape index (κ1) is 16.1. The Morgan fingerprint density at radius 1 is 1.30 bits per heavy atom. The Kier molecular flexibility index (Phi) is 5.66. The number of hydrogen-bond donors (Lipinski definition) is 1. The molecule has 0 radical (unpaired) electrons. The molecule has 4 nitrogen and oxygen atoms in total. The van der Waals surface area contributed by atoms with Crippen LogP contribution in [0.2, 0.25) is 0 Å². The zero-order valence-corrected chi connectivity index (χ0v) is 10.8. The Morgan fingerprint density at radius 2 is 1.90 bits per heavy atom. The van der Waals surface area contributed by atoms with Crippen molar-refractivity contribution in [1.82, 2.24) is 0 Å². The van der Waals surface area contributed by atoms with Gasteiger partial charge in [0.25, 0.3) is 0 Å². The predicted molar refractivity (Wildman–Crippen MR) is 64.7 cm³/mol. The molecule has 0 bridgehead atoms. The van der Waals surface area contributed by atoms with Gasteiger partial charge in [-0.25, -0.2) is 4.79 Å². The van der Waals surface area contributed by atoms with Crippen LogP contribution in [0.4, 0.5) is 13.2 Å². The minimum Gasteiger partial charge on any atom is -0.479 e. The van der Waals surface area contributed by atoms with Crippen molar-refractivity contribution in [2.45, 2.75) is 38.7 Å². The van der Waals surface area contributed by atoms with Crippen LogP contribution in [0.1, 0.15) is 26.2 Å². The van der Waals surface area contributed by atoms with Gasteiger partial charge in [-0.2, -0.15) is 0 Å². The maximum atomic E-state index is 12.2. The molecule has 0 aliphatic heterocycles. The zero-order valence-electron chi connectivity index (χ0n) is 10.8. The predicted octanol–water partition coefficient (Wildman–Crippen LogP) is 3.61. The first-order valence-electron chi connectivity index (χ1n) is 6.07. The van der Waals surface area contributed by atoms with Gasteiger partial charge in [0, 0.05) is 0 Å². The van der Waals surface area contributed by atoms with Crippen molar-refractivity contribution in [3.05, 3.63) is 24.3 Å². The van der Waals surface area contributed by atoms with Gasteiger partial charge in [-0.1, -0.05) is 25.5 Å². The van der Waals surface area contributed by atoms with Crippen LogP contribution in [0, 0.1) is 0 Å². The summed E-state index contributed by atoms with van der Waals surface area (Å²) in [5.41, 5.74) is 0. The number of aliphatic carboxylic acids is 1. The second kappa shape index (κ2) is 7.02. The summed E-state index contributed by atoms with van der Waals surface area (Å²) in [7, 11) is 0. The summed E-state index contributed by atoms with van der Waals surface area (Å²) in [5, 5.41) is 9.00. The summed E-state index contributed by atoms with van der Waals surface area (Å²) < 4.78 is 45.6. The molecule has 112 valence electrons. The number of carboxylic acids is 1. The Hall–Kier alpha value is -1.92. The van der Waals surface area contributed by atoms with E-state index in [1.165, 1.54) is 18.2 Å². The van der Waals surface area contributed by atoms with Gasteiger partial charge in [-0.05, 0) is 25.0 Å². The average molecular weight is 292 g/mol. The third kappa shape index (κ3) is 5.38. The van der Waals surface area contributed by atoms with Crippen molar-refractivity contribution in [2.75, 3.05) is 0 Å². The molecule has 0 aromatic heterocycles. The Balaban J connectivity index is 2.86. The van der Waals surface area contributed by atoms with Crippen molar-refractivity contribution >= 4 is 5.97 Å². The van der Waals surface area contributed by atoms with E-state index < -0.39 is 24.2 Å². The smallest absolute Gasteiger partial charge is 0.479 e. The fourth-order valence-electron chi connectivity index (χ4n) is 1.53. The maximum absolute atomic E-state index is 12.2. The molecule has 0 saturated heterocycles. The molecule has 0 saturated carbocycles. The van der Waals surface area contributed by atoms with Gasteiger partial charge in [-0.3, -0.25) is 0 Å². The van der Waals surface area contributed by atoms with Gasteiger partial charge < -0.3 is 14.6 Å². The second-order valence-electron chi connectivity index (χ2n) is 4.08. The van der Waals surface area contributed by atoms with E-state index in [1.807, 2.05) is 6.92 Å². The molecule has 0 heterocycles. The number of halogens is 3. The minimum atomic E-state index is -4.86. The molecule has 0 spiro atoms. The molecule has 0 amide bonds. The molecule has 7 heteroatoms. The van der Waals surface area contributed by atoms with Crippen LogP contribution < -0.4 is 9.47 Å². The van der Waals surface area contributed by atoms with Crippen LogP contribution >= 0.6 is 0 Å². The molecule has 20 heavy (non-hydrogen) atoms. The summed E-state index contributed by atoms with van der Waals surface area (Å²) in [5.74, 6) is -2.02. The highest BCUT2D eigenvalue weighted by atomic mass is 19.4. The first-order chi connectivity index (χ1) is 9.33. The molecular weight excluding hydrogens is 277 g/mol. The number of hydrogen-bond acceptors (Lipinski definition) is 3. The lowest BCUT2D eigenvalue weighted by Gasteiger charge is -2.18. The molecule has 1 unspecified atom stereocenters. The minimum absolute atomic E-state index is 0.214. The molecular formula is C13H15F3O4. The highest BCUT2D eigenvalue weighted by molar-refractivity contribution is 5.72. The van der Waals surface area contributed by atoms with Crippen molar-refractivity contribution in [3.63, 3.8) is 0 Å². The van der Waals surface area contributed by atoms with Crippen molar-refractivity contribution in [1.29, 1.82) is 0 Å². The fourth-order valence-corrected chi connectivity index (χ4v) is 1.53. The molecule has 1 N–H and O–H groups in total. The summed E-state index contributed by atoms with van der Waals surface area (Å²) >= 11 is 0. The quantitative estimate of drug-likeness (QED) is 0.834. The fraction of sp³-hybridized carbons (Fsp3) is 0.462. The van der Waals surface area contributed by atoms with Gasteiger partial charge in [-0.15, -0.1) is 13.2 Å². The largest absolute Gasteiger partial charge is 0.573 e. The molecule has 0 aliphatic rings. The van der Waals surface area contributed by atoms with Crippen LogP contribution in [0.15, 0.2) is 24.3 Å². The molecule has 0 fully saturated rings. The molecule has 1 atom stereocenters. The van der Waals surface area contributed by atoms with Gasteiger partial charge in [0.05, 0.1) is 0 Å². The number of para-hydroxylation sites is 2. The third-order valence-corrected chi connectivity index (χ3v) is 2.44. The summed E-state index contributed by atoms with van der Waals surface area (Å²) in [6, 6.07) is 5.09. The summed E-state index contributed by atoms with van der Waals surface area (Å²) in [6.45, 7) is 1.87. The third-order valence-electron chi connectivity index (χ3n) is 2.44. The molecule has 0 aliphatic carbocycles. The van der Waals surface area contributed by atoms with Crippen LogP contribution in [0.5, 0.6) is 11.5 Å². The van der Waals surface area contributed by atoms with Gasteiger partial charge in [0.2, 0.25) is 0 Å². The van der Waals surface area contributed by atoms with E-state index in [9.17, 15) is 18.0 Å². The number of carbonyl (C=O) groups is 1. The van der Waals surface area contributed by atoms with Crippen molar-refractivity contribution < 1.29 is 32.5 Å². The van der Waals surface area contributed by atoms with Crippen LogP contribution in [-0.2, 0) is 4.79 Å². The van der Waals surface area contributed by atoms with E-state index in [2.05, 4.69) is 4.74 Å². The first-order valence-corrected chi connectivity index (χ1v) is 6.07. The number of benzene rings is 1. The van der Waals surface area contributed by atoms with Crippen LogP contribution in [0.25, 0.3) is 0 Å². The van der Waals surface area contributed by atoms with Crippen molar-refractivity contribution in [2.24, 2.45) is 0 Å². The molecule has 1 aromatic carbocycles. The van der Waals surface area contributed by atoms with Gasteiger partial charge in [0.15, 0.2) is 17.6 Å². The van der Waals surface area contributed by atoms with E-state index in [1.54, 1.807) is 0 Å². The van der Waals surface area contributed by atoms with E-state index >= 15 is 0 Å². The lowest BCUT2D eigenvalue weighted by molar-refractivity contribution is -0.275. The second-order valence-corrected chi connectivity index (χ2v) is 4.08. The number of ether oxygens (including phenoxy) is 2. The SMILES string of the molecule is CCCCC(Oc1ccccc1OC(F)(F)F)C(=O)O. The van der Waals surface area contributed by atoms with Crippen LogP contribution in [0.3, 0.4) is 0 Å². The summed E-state index contributed by atoms with van der Waals surface area (Å²) in [6.07, 6.45) is -4.49. The normalized spacial score (nSPS) is 12.8. The number of carboxylic acid groups (broad SMARTS) is 1. The Bertz CT molecular complexity index is 445. The highest BCUT2D eigenvalue weighted by Gasteiger charge is 2.33. The Morgan fingerprint density at radius 3 is 2.40 bits per heavy atom. The lowest BCUT2D eigenvalue weighted by Crippen LogP contribution is -2.27. The highest BCUT2D eigenvalue weighted by Crippen LogP contribution is 2.32. The van der Waals surface area contributed by atoms with E-state index in [4.69, 9.17) is 9.84 Å². The standard InChI is InChI=1S/C13H15F3O4/c1-2-3-6-11(12(17)18)19-9-7-4-5-8-10(9)20-13(14,15)16/h4-5,7-8,11H,2-3,6H2,1H3,(H,17,18). The topological polar surface area (TPSA) is 55.8 Å². The summed E-state index contributed by atoms with van der Waals surface area (Å²) in [4.78, 5) is 11.0. The van der Waals surface area contributed by atoms with E-state index in [0.29, 0.717) is 6.42 Å². The zero-order chi connectivity index (χ0) is 15.2. The number of rotatable bonds is 7. The molecule has 1 rings (SSSR count). The van der Waals surface area contributed by atoms with E-state index in [0.717, 1.165) is 12.5 Å². The van der Waals surface area contributed by atoms with E-state index in [-0.39, 0.29) is 12.2 Å². The number of unbranched alkanes of at least 4 members (excludes halogenated alkanes) is 1. The van der Waals surface area contributed by atoms with Crippen molar-refractivity contribution in [3.8, 4) is 11.5 Å². The van der Waals surface area contributed by atoms with Gasteiger partial charge >= 0.3 is 12.3 Å². The monoisotopic (exact) mass is 292 g/mol. The van der Waals surface area contributed by atoms with Crippen LogP contribution in [-0.4, -0.2) is 23.5 Å². The average Bonchev–Trinajstić information content (AvgIpc) is 2.34. The Labute approximate surface area is 114 Å².